The van der Waals surface area contributed by atoms with Gasteiger partial charge < -0.3 is 16.2 Å². The van der Waals surface area contributed by atoms with Crippen LogP contribution in [0.5, 0.6) is 11.5 Å². The van der Waals surface area contributed by atoms with Crippen LogP contribution >= 0.6 is 23.2 Å². The molecule has 0 aromatic heterocycles. The van der Waals surface area contributed by atoms with Gasteiger partial charge in [0.2, 0.25) is 0 Å². The van der Waals surface area contributed by atoms with Gasteiger partial charge in [-0.05, 0) is 30.3 Å². The Morgan fingerprint density at radius 2 is 1.71 bits per heavy atom. The Bertz CT molecular complexity index is 558. The molecule has 4 N–H and O–H groups in total. The lowest BCUT2D eigenvalue weighted by Gasteiger charge is -2.10. The summed E-state index contributed by atoms with van der Waals surface area (Å²) in [4.78, 5) is 0. The van der Waals surface area contributed by atoms with Crippen LogP contribution in [0.4, 0.5) is 11.4 Å². The molecule has 88 valence electrons. The molecule has 5 heteroatoms. The molecule has 0 radical (unpaired) electrons. The van der Waals surface area contributed by atoms with Crippen LogP contribution in [-0.2, 0) is 0 Å². The monoisotopic (exact) mass is 268 g/mol. The molecular formula is C12H10Cl2N2O. The van der Waals surface area contributed by atoms with Crippen LogP contribution in [0.3, 0.4) is 0 Å². The average molecular weight is 269 g/mol. The molecule has 0 saturated carbocycles. The van der Waals surface area contributed by atoms with Crippen molar-refractivity contribution < 1.29 is 4.74 Å². The van der Waals surface area contributed by atoms with Crippen LogP contribution in [0.15, 0.2) is 36.4 Å². The maximum absolute atomic E-state index is 6.01. The molecule has 0 heterocycles. The van der Waals surface area contributed by atoms with Gasteiger partial charge in [-0.15, -0.1) is 0 Å². The van der Waals surface area contributed by atoms with Crippen LogP contribution < -0.4 is 16.2 Å². The predicted octanol–water partition coefficient (Wildman–Crippen LogP) is 3.95. The van der Waals surface area contributed by atoms with Gasteiger partial charge in [-0.3, -0.25) is 0 Å². The molecule has 0 aliphatic rings. The van der Waals surface area contributed by atoms with E-state index in [1.807, 2.05) is 0 Å². The third-order valence-corrected chi connectivity index (χ3v) is 2.87. The van der Waals surface area contributed by atoms with Crippen molar-refractivity contribution in [3.05, 3.63) is 46.4 Å². The molecule has 0 fully saturated rings. The third-order valence-electron chi connectivity index (χ3n) is 2.17. The van der Waals surface area contributed by atoms with Crippen molar-refractivity contribution in [3.63, 3.8) is 0 Å². The second-order valence-corrected chi connectivity index (χ2v) is 4.24. The van der Waals surface area contributed by atoms with Crippen LogP contribution in [0.1, 0.15) is 0 Å². The minimum absolute atomic E-state index is 0.361. The number of halogens is 2. The Morgan fingerprint density at radius 1 is 0.941 bits per heavy atom. The van der Waals surface area contributed by atoms with E-state index in [1.54, 1.807) is 36.4 Å². The summed E-state index contributed by atoms with van der Waals surface area (Å²) in [6.07, 6.45) is 0. The van der Waals surface area contributed by atoms with Crippen molar-refractivity contribution in [2.45, 2.75) is 0 Å². The summed E-state index contributed by atoms with van der Waals surface area (Å²) >= 11 is 12.0. The zero-order valence-electron chi connectivity index (χ0n) is 8.78. The standard InChI is InChI=1S/C12H10Cl2N2O/c13-8-6-7(15)4-5-10(8)17-11-3-1-2-9(16)12(11)14/h1-6H,15-16H2. The summed E-state index contributed by atoms with van der Waals surface area (Å²) in [5, 5.41) is 0.781. The Kier molecular flexibility index (Phi) is 3.31. The van der Waals surface area contributed by atoms with Gasteiger partial charge >= 0.3 is 0 Å². The highest BCUT2D eigenvalue weighted by molar-refractivity contribution is 6.34. The van der Waals surface area contributed by atoms with Gasteiger partial charge in [0, 0.05) is 5.69 Å². The van der Waals surface area contributed by atoms with E-state index in [4.69, 9.17) is 39.4 Å². The second-order valence-electron chi connectivity index (χ2n) is 3.45. The summed E-state index contributed by atoms with van der Waals surface area (Å²) in [5.41, 5.74) is 12.3. The minimum atomic E-state index is 0.361. The van der Waals surface area contributed by atoms with Crippen molar-refractivity contribution in [2.75, 3.05) is 11.5 Å². The average Bonchev–Trinajstić information content (AvgIpc) is 2.28. The maximum atomic E-state index is 6.01. The number of nitrogen functional groups attached to an aromatic ring is 2. The van der Waals surface area contributed by atoms with Crippen LogP contribution in [0.2, 0.25) is 10.0 Å². The highest BCUT2D eigenvalue weighted by Gasteiger charge is 2.08. The molecular weight excluding hydrogens is 259 g/mol. The maximum Gasteiger partial charge on any atom is 0.148 e. The zero-order chi connectivity index (χ0) is 12.4. The lowest BCUT2D eigenvalue weighted by atomic mass is 10.3. The Labute approximate surface area is 109 Å². The normalized spacial score (nSPS) is 10.2. The highest BCUT2D eigenvalue weighted by Crippen LogP contribution is 2.36. The van der Waals surface area contributed by atoms with Crippen LogP contribution in [-0.4, -0.2) is 0 Å². The number of hydrogen-bond acceptors (Lipinski definition) is 3. The largest absolute Gasteiger partial charge is 0.454 e. The quantitative estimate of drug-likeness (QED) is 0.811. The molecule has 0 aliphatic heterocycles. The van der Waals surface area contributed by atoms with Crippen molar-refractivity contribution in [1.82, 2.24) is 0 Å². The third kappa shape index (κ3) is 2.57. The van der Waals surface area contributed by atoms with E-state index >= 15 is 0 Å². The Hall–Kier alpha value is -1.58. The molecule has 0 unspecified atom stereocenters. The van der Waals surface area contributed by atoms with Crippen LogP contribution in [0, 0.1) is 0 Å². The zero-order valence-corrected chi connectivity index (χ0v) is 10.3. The van der Waals surface area contributed by atoms with E-state index < -0.39 is 0 Å². The molecule has 2 aromatic carbocycles. The summed E-state index contributed by atoms with van der Waals surface area (Å²) < 4.78 is 5.58. The predicted molar refractivity (Wildman–Crippen MR) is 71.8 cm³/mol. The number of ether oxygens (including phenoxy) is 1. The minimum Gasteiger partial charge on any atom is -0.454 e. The summed E-state index contributed by atoms with van der Waals surface area (Å²) in [6.45, 7) is 0. The van der Waals surface area contributed by atoms with Crippen molar-refractivity contribution in [3.8, 4) is 11.5 Å². The fourth-order valence-electron chi connectivity index (χ4n) is 1.32. The fourth-order valence-corrected chi connectivity index (χ4v) is 1.72. The number of nitrogens with two attached hydrogens (primary N) is 2. The van der Waals surface area contributed by atoms with E-state index in [9.17, 15) is 0 Å². The van der Waals surface area contributed by atoms with E-state index in [0.717, 1.165) is 0 Å². The van der Waals surface area contributed by atoms with Crippen molar-refractivity contribution >= 4 is 34.6 Å². The Balaban J connectivity index is 2.35. The van der Waals surface area contributed by atoms with Gasteiger partial charge in [-0.2, -0.15) is 0 Å². The molecule has 2 aromatic rings. The van der Waals surface area contributed by atoms with E-state index in [2.05, 4.69) is 0 Å². The SMILES string of the molecule is Nc1ccc(Oc2cccc(N)c2Cl)c(Cl)c1. The molecule has 0 spiro atoms. The molecule has 0 aliphatic carbocycles. The van der Waals surface area contributed by atoms with Gasteiger partial charge in [0.1, 0.15) is 16.5 Å². The smallest absolute Gasteiger partial charge is 0.148 e. The Morgan fingerprint density at radius 3 is 2.41 bits per heavy atom. The van der Waals surface area contributed by atoms with Gasteiger partial charge in [0.05, 0.1) is 10.7 Å². The summed E-state index contributed by atoms with van der Waals surface area (Å²) in [7, 11) is 0. The molecule has 0 bridgehead atoms. The number of rotatable bonds is 2. The van der Waals surface area contributed by atoms with Crippen LogP contribution in [0.25, 0.3) is 0 Å². The summed E-state index contributed by atoms with van der Waals surface area (Å²) in [5.74, 6) is 0.937. The molecule has 0 saturated heterocycles. The first kappa shape index (κ1) is 11.9. The van der Waals surface area contributed by atoms with Crippen molar-refractivity contribution in [2.24, 2.45) is 0 Å². The van der Waals surface area contributed by atoms with Gasteiger partial charge in [0.25, 0.3) is 0 Å². The van der Waals surface area contributed by atoms with Gasteiger partial charge in [0.15, 0.2) is 0 Å². The topological polar surface area (TPSA) is 61.3 Å². The molecule has 2 rings (SSSR count). The number of benzene rings is 2. The lowest BCUT2D eigenvalue weighted by molar-refractivity contribution is 0.483. The molecule has 3 nitrogen and oxygen atoms in total. The molecule has 0 amide bonds. The number of anilines is 2. The molecule has 17 heavy (non-hydrogen) atoms. The van der Waals surface area contributed by atoms with Gasteiger partial charge in [-0.25, -0.2) is 0 Å². The first-order chi connectivity index (χ1) is 8.08. The highest BCUT2D eigenvalue weighted by atomic mass is 35.5. The first-order valence-electron chi connectivity index (χ1n) is 4.85. The van der Waals surface area contributed by atoms with Gasteiger partial charge in [-0.1, -0.05) is 29.3 Å². The van der Waals surface area contributed by atoms with E-state index in [0.29, 0.717) is 32.9 Å². The first-order valence-corrected chi connectivity index (χ1v) is 5.60. The van der Waals surface area contributed by atoms with Crippen molar-refractivity contribution in [1.29, 1.82) is 0 Å². The number of hydrogen-bond donors (Lipinski definition) is 2. The lowest BCUT2D eigenvalue weighted by Crippen LogP contribution is -1.92. The second kappa shape index (κ2) is 4.73. The van der Waals surface area contributed by atoms with E-state index in [1.165, 1.54) is 0 Å². The summed E-state index contributed by atoms with van der Waals surface area (Å²) in [6, 6.07) is 10.1. The molecule has 0 atom stereocenters. The fraction of sp³-hybridized carbons (Fsp3) is 0. The van der Waals surface area contributed by atoms with E-state index in [-0.39, 0.29) is 0 Å².